The van der Waals surface area contributed by atoms with Crippen LogP contribution in [0.5, 0.6) is 11.5 Å². The number of methoxy groups -OCH3 is 1. The number of likely N-dealkylation sites (N-methyl/N-ethyl adjacent to an activating group) is 1. The van der Waals surface area contributed by atoms with Crippen molar-refractivity contribution in [1.82, 2.24) is 9.91 Å². The summed E-state index contributed by atoms with van der Waals surface area (Å²) in [5.74, 6) is 1.31. The van der Waals surface area contributed by atoms with Gasteiger partial charge in [-0.05, 0) is 55.4 Å². The molecule has 0 saturated carbocycles. The van der Waals surface area contributed by atoms with Crippen LogP contribution < -0.4 is 14.8 Å². The van der Waals surface area contributed by atoms with Crippen LogP contribution in [0.4, 0.5) is 10.5 Å². The highest BCUT2D eigenvalue weighted by Gasteiger charge is 2.22. The molecule has 37 heavy (non-hydrogen) atoms. The second kappa shape index (κ2) is 14.2. The molecule has 0 aromatic heterocycles. The number of amides is 2. The average Bonchev–Trinajstić information content (AvgIpc) is 2.92. The van der Waals surface area contributed by atoms with Crippen LogP contribution in [-0.2, 0) is 16.1 Å². The number of ether oxygens (including phenoxy) is 3. The fraction of sp³-hybridized carbons (Fsp3) is 0.464. The van der Waals surface area contributed by atoms with E-state index in [-0.39, 0.29) is 5.91 Å². The van der Waals surface area contributed by atoms with Gasteiger partial charge in [-0.1, -0.05) is 32.9 Å². The minimum absolute atomic E-state index is 0.0290. The van der Waals surface area contributed by atoms with Crippen LogP contribution in [0.3, 0.4) is 0 Å². The predicted octanol–water partition coefficient (Wildman–Crippen LogP) is 4.90. The van der Waals surface area contributed by atoms with Crippen molar-refractivity contribution in [2.45, 2.75) is 46.6 Å². The zero-order valence-corrected chi connectivity index (χ0v) is 22.3. The molecule has 2 amide bonds. The van der Waals surface area contributed by atoms with Crippen LogP contribution in [0, 0.1) is 0 Å². The Bertz CT molecular complexity index is 1070. The van der Waals surface area contributed by atoms with E-state index in [4.69, 9.17) is 14.2 Å². The van der Waals surface area contributed by atoms with Crippen LogP contribution in [-0.4, -0.2) is 67.6 Å². The number of carbonyl (C=O) groups excluding carboxylic acids is 2. The Kier molecular flexibility index (Phi) is 10.8. The Morgan fingerprint density at radius 3 is 2.46 bits per heavy atom. The van der Waals surface area contributed by atoms with Crippen LogP contribution in [0.25, 0.3) is 0 Å². The number of rotatable bonds is 13. The van der Waals surface area contributed by atoms with Crippen molar-refractivity contribution in [1.29, 1.82) is 0 Å². The zero-order chi connectivity index (χ0) is 26.6. The third kappa shape index (κ3) is 8.21. The number of anilines is 1. The highest BCUT2D eigenvalue weighted by atomic mass is 16.5. The van der Waals surface area contributed by atoms with Gasteiger partial charge in [0.05, 0.1) is 26.0 Å². The highest BCUT2D eigenvalue weighted by Crippen LogP contribution is 2.30. The van der Waals surface area contributed by atoms with E-state index in [0.29, 0.717) is 56.3 Å². The van der Waals surface area contributed by atoms with Gasteiger partial charge >= 0.3 is 6.09 Å². The summed E-state index contributed by atoms with van der Waals surface area (Å²) < 4.78 is 16.5. The smallest absolute Gasteiger partial charge is 0.411 e. The lowest BCUT2D eigenvalue weighted by atomic mass is 10.0. The summed E-state index contributed by atoms with van der Waals surface area (Å²) in [7, 11) is 1.61. The normalized spacial score (nSPS) is 13.4. The second-order valence-electron chi connectivity index (χ2n) is 8.70. The Labute approximate surface area is 219 Å². The molecule has 200 valence electrons. The molecule has 9 nitrogen and oxygen atoms in total. The molecule has 2 aromatic carbocycles. The molecular weight excluding hydrogens is 472 g/mol. The van der Waals surface area contributed by atoms with Crippen molar-refractivity contribution in [2.24, 2.45) is 5.10 Å². The number of nitrogens with zero attached hydrogens (tertiary/aromatic N) is 3. The standard InChI is InChI=1S/C28H38N4O5/c1-5-17-36-26-19-22(10-14-25(26)35-4)24-13-15-27(33)32(30-24)20-21-8-11-23(12-9-21)29-28(34)37-18-16-31(6-2)7-3/h8-12,14,19H,5-7,13,15-18,20H2,1-4H3,(H,29,34). The largest absolute Gasteiger partial charge is 0.493 e. The number of nitrogens with one attached hydrogen (secondary N) is 1. The molecule has 0 bridgehead atoms. The first-order valence-electron chi connectivity index (χ1n) is 12.9. The molecule has 0 spiro atoms. The molecule has 1 heterocycles. The maximum atomic E-state index is 12.6. The highest BCUT2D eigenvalue weighted by molar-refractivity contribution is 6.04. The monoisotopic (exact) mass is 510 g/mol. The summed E-state index contributed by atoms with van der Waals surface area (Å²) in [6.45, 7) is 10.0. The van der Waals surface area contributed by atoms with Gasteiger partial charge in [-0.25, -0.2) is 9.80 Å². The molecule has 1 aliphatic heterocycles. The molecule has 1 aliphatic rings. The Morgan fingerprint density at radius 1 is 1.03 bits per heavy atom. The van der Waals surface area contributed by atoms with Crippen molar-refractivity contribution in [3.63, 3.8) is 0 Å². The summed E-state index contributed by atoms with van der Waals surface area (Å²) in [6.07, 6.45) is 1.36. The molecule has 0 atom stereocenters. The number of hydrogen-bond acceptors (Lipinski definition) is 7. The molecular formula is C28H38N4O5. The number of benzene rings is 2. The summed E-state index contributed by atoms with van der Waals surface area (Å²) in [5, 5.41) is 8.89. The van der Waals surface area contributed by atoms with Gasteiger partial charge in [-0.2, -0.15) is 5.10 Å². The fourth-order valence-corrected chi connectivity index (χ4v) is 3.94. The fourth-order valence-electron chi connectivity index (χ4n) is 3.94. The predicted molar refractivity (Wildman–Crippen MR) is 144 cm³/mol. The first-order chi connectivity index (χ1) is 18.0. The van der Waals surface area contributed by atoms with Gasteiger partial charge < -0.3 is 19.1 Å². The van der Waals surface area contributed by atoms with E-state index in [2.05, 4.69) is 29.2 Å². The second-order valence-corrected chi connectivity index (χ2v) is 8.70. The summed E-state index contributed by atoms with van der Waals surface area (Å²) in [4.78, 5) is 26.8. The molecule has 9 heteroatoms. The lowest BCUT2D eigenvalue weighted by molar-refractivity contribution is -0.132. The van der Waals surface area contributed by atoms with Crippen molar-refractivity contribution < 1.29 is 23.8 Å². The van der Waals surface area contributed by atoms with E-state index in [0.717, 1.165) is 36.3 Å². The van der Waals surface area contributed by atoms with E-state index in [1.54, 1.807) is 19.2 Å². The van der Waals surface area contributed by atoms with E-state index in [1.807, 2.05) is 37.3 Å². The van der Waals surface area contributed by atoms with Gasteiger partial charge in [0.2, 0.25) is 5.91 Å². The number of hydrazone groups is 1. The SMILES string of the molecule is CCCOc1cc(C2=NN(Cc3ccc(NC(=O)OCCN(CC)CC)cc3)C(=O)CC2)ccc1OC. The van der Waals surface area contributed by atoms with Gasteiger partial charge in [-0.3, -0.25) is 10.1 Å². The number of hydrogen-bond donors (Lipinski definition) is 1. The van der Waals surface area contributed by atoms with Crippen molar-refractivity contribution in [3.8, 4) is 11.5 Å². The minimum Gasteiger partial charge on any atom is -0.493 e. The molecule has 0 fully saturated rings. The summed E-state index contributed by atoms with van der Waals surface area (Å²) in [6, 6.07) is 13.0. The third-order valence-corrected chi connectivity index (χ3v) is 6.13. The van der Waals surface area contributed by atoms with Gasteiger partial charge in [0, 0.05) is 30.6 Å². The quantitative estimate of drug-likeness (QED) is 0.412. The lowest BCUT2D eigenvalue weighted by Crippen LogP contribution is -2.31. The van der Waals surface area contributed by atoms with Crippen LogP contribution in [0.15, 0.2) is 47.6 Å². The van der Waals surface area contributed by atoms with E-state index in [1.165, 1.54) is 5.01 Å². The molecule has 0 radical (unpaired) electrons. The molecule has 0 unspecified atom stereocenters. The van der Waals surface area contributed by atoms with Crippen molar-refractivity contribution >= 4 is 23.4 Å². The van der Waals surface area contributed by atoms with Crippen LogP contribution >= 0.6 is 0 Å². The molecule has 3 rings (SSSR count). The lowest BCUT2D eigenvalue weighted by Gasteiger charge is -2.24. The van der Waals surface area contributed by atoms with Gasteiger partial charge in [-0.15, -0.1) is 0 Å². The maximum absolute atomic E-state index is 12.6. The first kappa shape index (κ1) is 28.0. The van der Waals surface area contributed by atoms with Crippen LogP contribution in [0.1, 0.15) is 51.2 Å². The molecule has 2 aromatic rings. The maximum Gasteiger partial charge on any atom is 0.411 e. The minimum atomic E-state index is -0.484. The summed E-state index contributed by atoms with van der Waals surface area (Å²) >= 11 is 0. The molecule has 0 aliphatic carbocycles. The Balaban J connectivity index is 1.61. The van der Waals surface area contributed by atoms with Crippen molar-refractivity contribution in [2.75, 3.05) is 45.3 Å². The Hall–Kier alpha value is -3.59. The zero-order valence-electron chi connectivity index (χ0n) is 22.3. The Morgan fingerprint density at radius 2 is 1.78 bits per heavy atom. The first-order valence-corrected chi connectivity index (χ1v) is 12.9. The van der Waals surface area contributed by atoms with Gasteiger partial charge in [0.25, 0.3) is 0 Å². The number of carbonyl (C=O) groups is 2. The molecule has 1 N–H and O–H groups in total. The average molecular weight is 511 g/mol. The summed E-state index contributed by atoms with van der Waals surface area (Å²) in [5.41, 5.74) is 3.27. The topological polar surface area (TPSA) is 92.7 Å². The van der Waals surface area contributed by atoms with Crippen molar-refractivity contribution in [3.05, 3.63) is 53.6 Å². The van der Waals surface area contributed by atoms with E-state index in [9.17, 15) is 9.59 Å². The van der Waals surface area contributed by atoms with Crippen LogP contribution in [0.2, 0.25) is 0 Å². The third-order valence-electron chi connectivity index (χ3n) is 6.13. The van der Waals surface area contributed by atoms with Gasteiger partial charge in [0.1, 0.15) is 6.61 Å². The van der Waals surface area contributed by atoms with E-state index < -0.39 is 6.09 Å². The molecule has 0 saturated heterocycles. The van der Waals surface area contributed by atoms with Gasteiger partial charge in [0.15, 0.2) is 11.5 Å². The van der Waals surface area contributed by atoms with E-state index >= 15 is 0 Å².